The lowest BCUT2D eigenvalue weighted by atomic mass is 10.3. The first-order valence-electron chi connectivity index (χ1n) is 2.51. The molecule has 2 heteroatoms. The van der Waals surface area contributed by atoms with Gasteiger partial charge in [-0.3, -0.25) is 0 Å². The second-order valence-corrected chi connectivity index (χ2v) is 1.30. The van der Waals surface area contributed by atoms with Crippen LogP contribution in [0.1, 0.15) is 6.42 Å². The van der Waals surface area contributed by atoms with Crippen molar-refractivity contribution in [1.29, 1.82) is 10.5 Å². The van der Waals surface area contributed by atoms with Gasteiger partial charge < -0.3 is 0 Å². The highest BCUT2D eigenvalue weighted by Gasteiger charge is 1.67. The van der Waals surface area contributed by atoms with E-state index in [1.54, 1.807) is 12.2 Å². The average molecular weight is 118 g/mol. The van der Waals surface area contributed by atoms with Crippen LogP contribution < -0.4 is 0 Å². The molecule has 2 nitrogen and oxygen atoms in total. The van der Waals surface area contributed by atoms with Gasteiger partial charge in [0.15, 0.2) is 0 Å². The van der Waals surface area contributed by atoms with Gasteiger partial charge in [0, 0.05) is 12.2 Å². The largest absolute Gasteiger partial charge is 0.193 e. The molecule has 0 radical (unpaired) electrons. The molecule has 0 unspecified atom stereocenters. The monoisotopic (exact) mass is 118 g/mol. The Kier molecular flexibility index (Phi) is 5.35. The molecule has 0 aromatic rings. The van der Waals surface area contributed by atoms with Crippen LogP contribution in [0.25, 0.3) is 0 Å². The Morgan fingerprint density at radius 1 is 1.00 bits per heavy atom. The molecule has 0 aromatic carbocycles. The van der Waals surface area contributed by atoms with Crippen LogP contribution in [0.15, 0.2) is 24.3 Å². The maximum Gasteiger partial charge on any atom is 0.0908 e. The smallest absolute Gasteiger partial charge is 0.0908 e. The molecule has 0 fully saturated rings. The van der Waals surface area contributed by atoms with E-state index < -0.39 is 0 Å². The minimum atomic E-state index is 0.654. The summed E-state index contributed by atoms with van der Waals surface area (Å²) in [5.41, 5.74) is 0. The number of hydrogen-bond acceptors (Lipinski definition) is 2. The quantitative estimate of drug-likeness (QED) is 0.516. The number of hydrogen-bond donors (Lipinski definition) is 0. The summed E-state index contributed by atoms with van der Waals surface area (Å²) in [5.74, 6) is 0. The van der Waals surface area contributed by atoms with Gasteiger partial charge in [-0.05, 0) is 6.42 Å². The molecule has 9 heavy (non-hydrogen) atoms. The first-order chi connectivity index (χ1) is 4.41. The van der Waals surface area contributed by atoms with Gasteiger partial charge >= 0.3 is 0 Å². The van der Waals surface area contributed by atoms with E-state index in [0.29, 0.717) is 6.42 Å². The van der Waals surface area contributed by atoms with Crippen molar-refractivity contribution in [3.05, 3.63) is 24.3 Å². The Bertz CT molecular complexity index is 166. The Morgan fingerprint density at radius 2 is 1.44 bits per heavy atom. The first kappa shape index (κ1) is 7.46. The minimum absolute atomic E-state index is 0.654. The summed E-state index contributed by atoms with van der Waals surface area (Å²) < 4.78 is 0. The highest BCUT2D eigenvalue weighted by Crippen LogP contribution is 1.83. The molecular formula is C7H6N2. The average Bonchev–Trinajstić information content (AvgIpc) is 1.89. The van der Waals surface area contributed by atoms with Gasteiger partial charge in [-0.15, -0.1) is 0 Å². The maximum atomic E-state index is 8.00. The summed E-state index contributed by atoms with van der Waals surface area (Å²) in [5, 5.41) is 16.0. The predicted molar refractivity (Wildman–Crippen MR) is 34.1 cm³/mol. The van der Waals surface area contributed by atoms with Crippen LogP contribution in [0.2, 0.25) is 0 Å². The van der Waals surface area contributed by atoms with E-state index >= 15 is 0 Å². The van der Waals surface area contributed by atoms with Crippen molar-refractivity contribution in [3.63, 3.8) is 0 Å². The lowest BCUT2D eigenvalue weighted by Crippen LogP contribution is -1.55. The fraction of sp³-hybridized carbons (Fsp3) is 0.143. The molecule has 0 saturated carbocycles. The van der Waals surface area contributed by atoms with E-state index in [1.165, 1.54) is 12.2 Å². The third-order valence-corrected chi connectivity index (χ3v) is 0.657. The summed E-state index contributed by atoms with van der Waals surface area (Å²) in [6.07, 6.45) is 6.81. The SMILES string of the molecule is N#CC=CCC=CC#N. The van der Waals surface area contributed by atoms with Crippen LogP contribution in [0, 0.1) is 22.7 Å². The Morgan fingerprint density at radius 3 is 1.78 bits per heavy atom. The molecule has 0 aromatic heterocycles. The molecule has 0 amide bonds. The second kappa shape index (κ2) is 6.46. The highest BCUT2D eigenvalue weighted by molar-refractivity contribution is 5.08. The number of nitrogens with zero attached hydrogens (tertiary/aromatic N) is 2. The summed E-state index contributed by atoms with van der Waals surface area (Å²) in [4.78, 5) is 0. The molecule has 0 bridgehead atoms. The second-order valence-electron chi connectivity index (χ2n) is 1.30. The Hall–Kier alpha value is -1.54. The zero-order chi connectivity index (χ0) is 6.95. The lowest BCUT2D eigenvalue weighted by molar-refractivity contribution is 1.39. The maximum absolute atomic E-state index is 8.00. The lowest BCUT2D eigenvalue weighted by Gasteiger charge is -1.71. The van der Waals surface area contributed by atoms with Crippen molar-refractivity contribution in [2.45, 2.75) is 6.42 Å². The summed E-state index contributed by atoms with van der Waals surface area (Å²) in [6.45, 7) is 0. The van der Waals surface area contributed by atoms with Gasteiger partial charge in [-0.2, -0.15) is 10.5 Å². The van der Waals surface area contributed by atoms with Crippen molar-refractivity contribution in [2.75, 3.05) is 0 Å². The molecule has 44 valence electrons. The highest BCUT2D eigenvalue weighted by atomic mass is 14.2. The summed E-state index contributed by atoms with van der Waals surface area (Å²) in [7, 11) is 0. The Balaban J connectivity index is 3.35. The Labute approximate surface area is 54.3 Å². The molecule has 0 N–H and O–H groups in total. The van der Waals surface area contributed by atoms with Crippen LogP contribution in [-0.2, 0) is 0 Å². The van der Waals surface area contributed by atoms with Crippen molar-refractivity contribution < 1.29 is 0 Å². The van der Waals surface area contributed by atoms with Crippen LogP contribution in [0.5, 0.6) is 0 Å². The normalized spacial score (nSPS) is 9.56. The standard InChI is InChI=1S/C7H6N2/c8-6-4-2-1-3-5-7-9/h2-5H,1H2. The van der Waals surface area contributed by atoms with Gasteiger partial charge in [0.1, 0.15) is 0 Å². The molecule has 0 spiro atoms. The van der Waals surface area contributed by atoms with Gasteiger partial charge in [-0.1, -0.05) is 12.2 Å². The van der Waals surface area contributed by atoms with Crippen LogP contribution >= 0.6 is 0 Å². The third kappa shape index (κ3) is 6.46. The van der Waals surface area contributed by atoms with Crippen LogP contribution in [0.4, 0.5) is 0 Å². The van der Waals surface area contributed by atoms with E-state index in [9.17, 15) is 0 Å². The molecule has 0 rings (SSSR count). The number of nitriles is 2. The molecule has 0 atom stereocenters. The number of allylic oxidation sites excluding steroid dienone is 4. The van der Waals surface area contributed by atoms with E-state index in [0.717, 1.165) is 0 Å². The summed E-state index contributed by atoms with van der Waals surface area (Å²) >= 11 is 0. The van der Waals surface area contributed by atoms with E-state index in [4.69, 9.17) is 10.5 Å². The zero-order valence-electron chi connectivity index (χ0n) is 4.91. The number of rotatable bonds is 2. The minimum Gasteiger partial charge on any atom is -0.193 e. The molecule has 0 aliphatic heterocycles. The van der Waals surface area contributed by atoms with Crippen LogP contribution in [-0.4, -0.2) is 0 Å². The summed E-state index contributed by atoms with van der Waals surface area (Å²) in [6, 6.07) is 3.69. The fourth-order valence-electron chi connectivity index (χ4n) is 0.320. The predicted octanol–water partition coefficient (Wildman–Crippen LogP) is 1.54. The van der Waals surface area contributed by atoms with Gasteiger partial charge in [0.25, 0.3) is 0 Å². The van der Waals surface area contributed by atoms with Gasteiger partial charge in [0.05, 0.1) is 12.1 Å². The molecule has 0 aliphatic carbocycles. The van der Waals surface area contributed by atoms with Gasteiger partial charge in [0.2, 0.25) is 0 Å². The van der Waals surface area contributed by atoms with E-state index in [2.05, 4.69) is 0 Å². The van der Waals surface area contributed by atoms with Crippen LogP contribution in [0.3, 0.4) is 0 Å². The third-order valence-electron chi connectivity index (χ3n) is 0.657. The fourth-order valence-corrected chi connectivity index (χ4v) is 0.320. The van der Waals surface area contributed by atoms with E-state index in [-0.39, 0.29) is 0 Å². The van der Waals surface area contributed by atoms with Crippen molar-refractivity contribution in [1.82, 2.24) is 0 Å². The van der Waals surface area contributed by atoms with Crippen molar-refractivity contribution >= 4 is 0 Å². The molecule has 0 saturated heterocycles. The molecular weight excluding hydrogens is 112 g/mol. The van der Waals surface area contributed by atoms with E-state index in [1.807, 2.05) is 12.1 Å². The topological polar surface area (TPSA) is 47.6 Å². The molecule has 0 heterocycles. The van der Waals surface area contributed by atoms with Crippen molar-refractivity contribution in [2.24, 2.45) is 0 Å². The van der Waals surface area contributed by atoms with Crippen molar-refractivity contribution in [3.8, 4) is 12.1 Å². The molecule has 0 aliphatic rings. The zero-order valence-corrected chi connectivity index (χ0v) is 4.91. The first-order valence-corrected chi connectivity index (χ1v) is 2.51. The van der Waals surface area contributed by atoms with Gasteiger partial charge in [-0.25, -0.2) is 0 Å².